The molecule has 170 valence electrons. The molecule has 0 spiro atoms. The summed E-state index contributed by atoms with van der Waals surface area (Å²) in [4.78, 5) is 14.9. The zero-order chi connectivity index (χ0) is 23.7. The highest BCUT2D eigenvalue weighted by atomic mass is 35.5. The largest absolute Gasteiger partial charge is 0.333 e. The second-order valence-electron chi connectivity index (χ2n) is 7.46. The van der Waals surface area contributed by atoms with E-state index in [9.17, 15) is 21.6 Å². The first-order valence-electron chi connectivity index (χ1n) is 9.31. The third-order valence-electron chi connectivity index (χ3n) is 4.93. The smallest absolute Gasteiger partial charge is 0.227 e. The molecule has 3 rings (SSSR count). The van der Waals surface area contributed by atoms with E-state index in [1.165, 1.54) is 18.2 Å². The van der Waals surface area contributed by atoms with Crippen molar-refractivity contribution in [3.63, 3.8) is 0 Å². The minimum Gasteiger partial charge on any atom is -0.333 e. The Morgan fingerprint density at radius 3 is 2.22 bits per heavy atom. The Morgan fingerprint density at radius 2 is 1.72 bits per heavy atom. The normalized spacial score (nSPS) is 19.4. The number of allylic oxidation sites excluding steroid dienone is 2. The van der Waals surface area contributed by atoms with Gasteiger partial charge in [0.1, 0.15) is 0 Å². The summed E-state index contributed by atoms with van der Waals surface area (Å²) in [5.41, 5.74) is 1.50. The lowest BCUT2D eigenvalue weighted by Crippen LogP contribution is -2.54. The number of nitrogens with zero attached hydrogens (tertiary/aromatic N) is 1. The molecule has 0 saturated carbocycles. The molecular formula is C21H20Cl2N2O5S2. The molecule has 1 aliphatic rings. The van der Waals surface area contributed by atoms with Crippen LogP contribution >= 0.6 is 23.2 Å². The third kappa shape index (κ3) is 5.23. The molecule has 0 fully saturated rings. The predicted octanol–water partition coefficient (Wildman–Crippen LogP) is 3.06. The van der Waals surface area contributed by atoms with Crippen molar-refractivity contribution in [2.75, 3.05) is 12.5 Å². The Bertz CT molecular complexity index is 1320. The van der Waals surface area contributed by atoms with E-state index in [0.717, 1.165) is 24.3 Å². The fourth-order valence-electron chi connectivity index (χ4n) is 3.27. The van der Waals surface area contributed by atoms with Crippen molar-refractivity contribution >= 4 is 54.4 Å². The minimum absolute atomic E-state index is 0.0154. The molecule has 1 aliphatic carbocycles. The number of halogens is 2. The number of hydrogen-bond donors (Lipinski definition) is 1. The van der Waals surface area contributed by atoms with Crippen LogP contribution < -0.4 is 5.32 Å². The van der Waals surface area contributed by atoms with Gasteiger partial charge in [-0.15, -0.1) is 0 Å². The molecule has 2 aromatic rings. The maximum Gasteiger partial charge on any atom is 0.227 e. The molecule has 1 amide bonds. The van der Waals surface area contributed by atoms with Gasteiger partial charge in [-0.3, -0.25) is 9.78 Å². The summed E-state index contributed by atoms with van der Waals surface area (Å²) in [6.07, 6.45) is 4.01. The van der Waals surface area contributed by atoms with E-state index in [0.29, 0.717) is 5.57 Å². The highest BCUT2D eigenvalue weighted by molar-refractivity contribution is 7.92. The van der Waals surface area contributed by atoms with Crippen molar-refractivity contribution in [2.45, 2.75) is 22.6 Å². The summed E-state index contributed by atoms with van der Waals surface area (Å²) in [7, 11) is -7.31. The first-order chi connectivity index (χ1) is 14.8. The fraction of sp³-hybridized carbons (Fsp3) is 0.238. The molecule has 0 saturated heterocycles. The second kappa shape index (κ2) is 8.97. The fourth-order valence-corrected chi connectivity index (χ4v) is 5.89. The van der Waals surface area contributed by atoms with E-state index in [1.807, 2.05) is 6.07 Å². The molecule has 11 heteroatoms. The van der Waals surface area contributed by atoms with Crippen LogP contribution in [0.15, 0.2) is 69.7 Å². The van der Waals surface area contributed by atoms with Crippen LogP contribution in [0.4, 0.5) is 0 Å². The van der Waals surface area contributed by atoms with Gasteiger partial charge in [0.25, 0.3) is 0 Å². The molecule has 0 radical (unpaired) electrons. The van der Waals surface area contributed by atoms with Crippen molar-refractivity contribution < 1.29 is 21.6 Å². The van der Waals surface area contributed by atoms with E-state index in [2.05, 4.69) is 10.3 Å². The summed E-state index contributed by atoms with van der Waals surface area (Å²) in [5, 5.41) is 2.84. The molecule has 0 aliphatic heterocycles. The van der Waals surface area contributed by atoms with Gasteiger partial charge in [-0.05, 0) is 23.8 Å². The summed E-state index contributed by atoms with van der Waals surface area (Å²) in [6.45, 7) is 0. The summed E-state index contributed by atoms with van der Waals surface area (Å²) in [6, 6.07) is 11.8. The number of rotatable bonds is 6. The van der Waals surface area contributed by atoms with Crippen LogP contribution in [0.3, 0.4) is 0 Å². The predicted molar refractivity (Wildman–Crippen MR) is 125 cm³/mol. The zero-order valence-electron chi connectivity index (χ0n) is 17.2. The number of benzene rings is 1. The van der Waals surface area contributed by atoms with Crippen LogP contribution in [0, 0.1) is 0 Å². The van der Waals surface area contributed by atoms with Crippen LogP contribution in [0.1, 0.15) is 17.7 Å². The SMILES string of the molecule is CS(=O)(=O)c1ccc(CC(=O)NC2(S(C)(=O)=O)C=C(Cl)C(c3ccccc3)=C(Cl)C2)nc1. The summed E-state index contributed by atoms with van der Waals surface area (Å²) < 4.78 is 48.5. The number of pyridine rings is 1. The van der Waals surface area contributed by atoms with Gasteiger partial charge >= 0.3 is 0 Å². The first-order valence-corrected chi connectivity index (χ1v) is 13.8. The summed E-state index contributed by atoms with van der Waals surface area (Å²) in [5.74, 6) is -0.636. The van der Waals surface area contributed by atoms with Gasteiger partial charge in [-0.25, -0.2) is 16.8 Å². The molecule has 1 aromatic carbocycles. The maximum absolute atomic E-state index is 12.7. The number of carbonyl (C=O) groups excluding carboxylic acids is 1. The number of carbonyl (C=O) groups is 1. The lowest BCUT2D eigenvalue weighted by Gasteiger charge is -2.34. The van der Waals surface area contributed by atoms with Crippen LogP contribution in [-0.4, -0.2) is 45.1 Å². The van der Waals surface area contributed by atoms with Gasteiger partial charge in [0, 0.05) is 46.5 Å². The van der Waals surface area contributed by atoms with Crippen LogP contribution in [0.25, 0.3) is 5.57 Å². The first kappa shape index (κ1) is 24.4. The van der Waals surface area contributed by atoms with Crippen molar-refractivity contribution in [1.29, 1.82) is 0 Å². The van der Waals surface area contributed by atoms with E-state index >= 15 is 0 Å². The Balaban J connectivity index is 1.88. The number of hydrogen-bond acceptors (Lipinski definition) is 6. The second-order valence-corrected chi connectivity index (χ2v) is 12.6. The number of amides is 1. The topological polar surface area (TPSA) is 110 Å². The Labute approximate surface area is 197 Å². The Morgan fingerprint density at radius 1 is 1.06 bits per heavy atom. The van der Waals surface area contributed by atoms with Crippen molar-refractivity contribution in [1.82, 2.24) is 10.3 Å². The average molecular weight is 515 g/mol. The molecule has 1 N–H and O–H groups in total. The maximum atomic E-state index is 12.7. The van der Waals surface area contributed by atoms with Crippen molar-refractivity contribution in [3.05, 3.63) is 76.1 Å². The number of nitrogens with one attached hydrogen (secondary N) is 1. The summed E-state index contributed by atoms with van der Waals surface area (Å²) >= 11 is 12.9. The highest BCUT2D eigenvalue weighted by Crippen LogP contribution is 2.42. The Kier molecular flexibility index (Phi) is 6.86. The highest BCUT2D eigenvalue weighted by Gasteiger charge is 2.44. The van der Waals surface area contributed by atoms with E-state index in [4.69, 9.17) is 23.2 Å². The van der Waals surface area contributed by atoms with E-state index < -0.39 is 30.5 Å². The number of sulfone groups is 2. The van der Waals surface area contributed by atoms with Crippen molar-refractivity contribution in [2.24, 2.45) is 0 Å². The van der Waals surface area contributed by atoms with Gasteiger partial charge in [0.15, 0.2) is 24.5 Å². The standard InChI is InChI=1S/C21H20Cl2N2O5S2/c1-31(27,28)16-9-8-15(24-13-16)10-19(26)25-21(32(2,29)30)11-17(22)20(18(23)12-21)14-6-4-3-5-7-14/h3-9,11,13H,10,12H2,1-2H3,(H,25,26). The van der Waals surface area contributed by atoms with Gasteiger partial charge < -0.3 is 5.32 Å². The quantitative estimate of drug-likeness (QED) is 0.633. The molecule has 1 aromatic heterocycles. The molecule has 1 atom stereocenters. The zero-order valence-corrected chi connectivity index (χ0v) is 20.3. The Hall–Kier alpha value is -2.20. The molecule has 1 heterocycles. The van der Waals surface area contributed by atoms with E-state index in [1.54, 1.807) is 24.3 Å². The molecule has 7 nitrogen and oxygen atoms in total. The van der Waals surface area contributed by atoms with Gasteiger partial charge in [0.2, 0.25) is 5.91 Å². The monoisotopic (exact) mass is 514 g/mol. The molecule has 0 bridgehead atoms. The molecular weight excluding hydrogens is 495 g/mol. The van der Waals surface area contributed by atoms with Gasteiger partial charge in [-0.1, -0.05) is 53.5 Å². The lowest BCUT2D eigenvalue weighted by atomic mass is 9.96. The minimum atomic E-state index is -3.88. The van der Waals surface area contributed by atoms with Gasteiger partial charge in [-0.2, -0.15) is 0 Å². The average Bonchev–Trinajstić information content (AvgIpc) is 2.67. The molecule has 1 unspecified atom stereocenters. The van der Waals surface area contributed by atoms with Crippen molar-refractivity contribution in [3.8, 4) is 0 Å². The third-order valence-corrected chi connectivity index (χ3v) is 8.34. The van der Waals surface area contributed by atoms with Crippen LogP contribution in [0.5, 0.6) is 0 Å². The lowest BCUT2D eigenvalue weighted by molar-refractivity contribution is -0.121. The van der Waals surface area contributed by atoms with E-state index in [-0.39, 0.29) is 33.5 Å². The van der Waals surface area contributed by atoms with Crippen LogP contribution in [-0.2, 0) is 30.9 Å². The van der Waals surface area contributed by atoms with Gasteiger partial charge in [0.05, 0.1) is 11.3 Å². The van der Waals surface area contributed by atoms with Crippen LogP contribution in [0.2, 0.25) is 0 Å². The number of aromatic nitrogens is 1. The molecule has 32 heavy (non-hydrogen) atoms.